The fourth-order valence-electron chi connectivity index (χ4n) is 2.93. The number of carbonyl (C=O) groups excluding carboxylic acids is 1. The molecule has 1 aromatic carbocycles. The maximum atomic E-state index is 12.5. The van der Waals surface area contributed by atoms with E-state index in [1.807, 2.05) is 48.5 Å². The molecule has 1 aromatic heterocycles. The van der Waals surface area contributed by atoms with Gasteiger partial charge in [0.2, 0.25) is 5.91 Å². The lowest BCUT2D eigenvalue weighted by molar-refractivity contribution is -0.131. The molecule has 0 bridgehead atoms. The van der Waals surface area contributed by atoms with E-state index < -0.39 is 0 Å². The second-order valence-electron chi connectivity index (χ2n) is 5.76. The standard InChI is InChI=1S/C17H20ClN3OS/c1-11(23-2)17(22)21-9-3-4-15(21)16-19-10-14(20-16)12-5-7-13(18)8-6-12/h5-8,10-11,15H,3-4,9H2,1-2H3,(H,19,20)/t11-,15+/m0/s1. The van der Waals surface area contributed by atoms with E-state index in [2.05, 4.69) is 9.97 Å². The predicted octanol–water partition coefficient (Wildman–Crippen LogP) is 4.15. The van der Waals surface area contributed by atoms with Gasteiger partial charge in [0.1, 0.15) is 5.82 Å². The van der Waals surface area contributed by atoms with Gasteiger partial charge in [-0.25, -0.2) is 4.98 Å². The van der Waals surface area contributed by atoms with Crippen LogP contribution in [-0.2, 0) is 4.79 Å². The monoisotopic (exact) mass is 349 g/mol. The number of benzene rings is 1. The molecular formula is C17H20ClN3OS. The first-order chi connectivity index (χ1) is 11.1. The summed E-state index contributed by atoms with van der Waals surface area (Å²) in [6, 6.07) is 7.71. The molecule has 2 aromatic rings. The van der Waals surface area contributed by atoms with E-state index >= 15 is 0 Å². The van der Waals surface area contributed by atoms with Crippen molar-refractivity contribution < 1.29 is 4.79 Å². The molecule has 4 nitrogen and oxygen atoms in total. The first-order valence-corrected chi connectivity index (χ1v) is 9.41. The number of rotatable bonds is 4. The molecule has 0 saturated carbocycles. The number of hydrogen-bond donors (Lipinski definition) is 1. The molecule has 122 valence electrons. The molecule has 6 heteroatoms. The van der Waals surface area contributed by atoms with Gasteiger partial charge in [0.05, 0.1) is 23.2 Å². The van der Waals surface area contributed by atoms with Gasteiger partial charge >= 0.3 is 0 Å². The summed E-state index contributed by atoms with van der Waals surface area (Å²) < 4.78 is 0. The highest BCUT2D eigenvalue weighted by Crippen LogP contribution is 2.33. The van der Waals surface area contributed by atoms with Gasteiger partial charge in [0.15, 0.2) is 0 Å². The van der Waals surface area contributed by atoms with Gasteiger partial charge in [0, 0.05) is 11.6 Å². The number of likely N-dealkylation sites (tertiary alicyclic amines) is 1. The molecule has 1 saturated heterocycles. The van der Waals surface area contributed by atoms with Crippen LogP contribution in [0, 0.1) is 0 Å². The van der Waals surface area contributed by atoms with Crippen LogP contribution in [0.2, 0.25) is 5.02 Å². The average molecular weight is 350 g/mol. The van der Waals surface area contributed by atoms with Crippen molar-refractivity contribution in [2.75, 3.05) is 12.8 Å². The number of halogens is 1. The molecule has 0 spiro atoms. The Hall–Kier alpha value is -1.46. The number of amides is 1. The normalized spacial score (nSPS) is 19.1. The van der Waals surface area contributed by atoms with Crippen LogP contribution < -0.4 is 0 Å². The minimum absolute atomic E-state index is 0.0127. The fraction of sp³-hybridized carbons (Fsp3) is 0.412. The molecule has 1 fully saturated rings. The number of imidazole rings is 1. The van der Waals surface area contributed by atoms with E-state index in [-0.39, 0.29) is 17.2 Å². The van der Waals surface area contributed by atoms with Crippen LogP contribution in [0.25, 0.3) is 11.3 Å². The fourth-order valence-corrected chi connectivity index (χ4v) is 3.39. The summed E-state index contributed by atoms with van der Waals surface area (Å²) in [6.45, 7) is 2.77. The lowest BCUT2D eigenvalue weighted by atomic mass is 10.2. The van der Waals surface area contributed by atoms with Crippen LogP contribution in [0.4, 0.5) is 0 Å². The van der Waals surface area contributed by atoms with Crippen molar-refractivity contribution in [1.29, 1.82) is 0 Å². The molecular weight excluding hydrogens is 330 g/mol. The molecule has 1 aliphatic rings. The van der Waals surface area contributed by atoms with Gasteiger partial charge in [-0.1, -0.05) is 23.7 Å². The number of carbonyl (C=O) groups is 1. The third kappa shape index (κ3) is 3.40. The summed E-state index contributed by atoms with van der Waals surface area (Å²) in [5.41, 5.74) is 2.00. The summed E-state index contributed by atoms with van der Waals surface area (Å²) in [4.78, 5) is 22.4. The van der Waals surface area contributed by atoms with Crippen molar-refractivity contribution in [2.24, 2.45) is 0 Å². The van der Waals surface area contributed by atoms with E-state index in [0.29, 0.717) is 5.02 Å². The second kappa shape index (κ2) is 6.97. The zero-order chi connectivity index (χ0) is 16.4. The van der Waals surface area contributed by atoms with Crippen LogP contribution >= 0.6 is 23.4 Å². The van der Waals surface area contributed by atoms with Gasteiger partial charge in [-0.05, 0) is 43.7 Å². The Morgan fingerprint density at radius 2 is 2.17 bits per heavy atom. The number of nitrogens with one attached hydrogen (secondary N) is 1. The van der Waals surface area contributed by atoms with Crippen LogP contribution in [-0.4, -0.2) is 38.8 Å². The Morgan fingerprint density at radius 1 is 1.43 bits per heavy atom. The maximum Gasteiger partial charge on any atom is 0.236 e. The third-order valence-corrected chi connectivity index (χ3v) is 5.46. The molecule has 1 aliphatic heterocycles. The number of H-pyrrole nitrogens is 1. The molecule has 0 unspecified atom stereocenters. The van der Waals surface area contributed by atoms with Gasteiger partial charge in [-0.2, -0.15) is 11.8 Å². The Morgan fingerprint density at radius 3 is 2.87 bits per heavy atom. The first-order valence-electron chi connectivity index (χ1n) is 7.74. The predicted molar refractivity (Wildman–Crippen MR) is 95.7 cm³/mol. The minimum Gasteiger partial charge on any atom is -0.340 e. The molecule has 1 N–H and O–H groups in total. The van der Waals surface area contributed by atoms with Gasteiger partial charge < -0.3 is 9.88 Å². The molecule has 1 amide bonds. The topological polar surface area (TPSA) is 49.0 Å². The summed E-state index contributed by atoms with van der Waals surface area (Å²) in [7, 11) is 0. The minimum atomic E-state index is -0.0127. The first kappa shape index (κ1) is 16.4. The van der Waals surface area contributed by atoms with Crippen LogP contribution in [0.3, 0.4) is 0 Å². The van der Waals surface area contributed by atoms with Gasteiger partial charge in [-0.3, -0.25) is 4.79 Å². The molecule has 0 radical (unpaired) electrons. The van der Waals surface area contributed by atoms with Crippen molar-refractivity contribution in [1.82, 2.24) is 14.9 Å². The van der Waals surface area contributed by atoms with Crippen LogP contribution in [0.5, 0.6) is 0 Å². The van der Waals surface area contributed by atoms with E-state index in [0.717, 1.165) is 36.5 Å². The summed E-state index contributed by atoms with van der Waals surface area (Å²) in [5.74, 6) is 1.07. The molecule has 2 atom stereocenters. The Kier molecular flexibility index (Phi) is 4.97. The van der Waals surface area contributed by atoms with Crippen molar-refractivity contribution in [3.63, 3.8) is 0 Å². The zero-order valence-corrected chi connectivity index (χ0v) is 14.8. The maximum absolute atomic E-state index is 12.5. The van der Waals surface area contributed by atoms with Crippen molar-refractivity contribution in [3.8, 4) is 11.3 Å². The largest absolute Gasteiger partial charge is 0.340 e. The quantitative estimate of drug-likeness (QED) is 0.902. The molecule has 3 rings (SSSR count). The highest BCUT2D eigenvalue weighted by atomic mass is 35.5. The van der Waals surface area contributed by atoms with Gasteiger partial charge in [0.25, 0.3) is 0 Å². The number of aromatic nitrogens is 2. The van der Waals surface area contributed by atoms with E-state index in [1.54, 1.807) is 11.8 Å². The van der Waals surface area contributed by atoms with Crippen LogP contribution in [0.15, 0.2) is 30.5 Å². The van der Waals surface area contributed by atoms with Crippen molar-refractivity contribution >= 4 is 29.3 Å². The van der Waals surface area contributed by atoms with Crippen molar-refractivity contribution in [2.45, 2.75) is 31.1 Å². The Bertz CT molecular complexity index is 685. The highest BCUT2D eigenvalue weighted by molar-refractivity contribution is 7.99. The highest BCUT2D eigenvalue weighted by Gasteiger charge is 2.33. The molecule has 0 aliphatic carbocycles. The van der Waals surface area contributed by atoms with Gasteiger partial charge in [-0.15, -0.1) is 0 Å². The average Bonchev–Trinajstić information content (AvgIpc) is 3.22. The van der Waals surface area contributed by atoms with E-state index in [1.165, 1.54) is 0 Å². The second-order valence-corrected chi connectivity index (χ2v) is 7.37. The third-order valence-electron chi connectivity index (χ3n) is 4.30. The number of hydrogen-bond acceptors (Lipinski definition) is 3. The number of nitrogens with zero attached hydrogens (tertiary/aromatic N) is 2. The zero-order valence-electron chi connectivity index (χ0n) is 13.3. The van der Waals surface area contributed by atoms with E-state index in [4.69, 9.17) is 11.6 Å². The SMILES string of the molecule is CS[C@@H](C)C(=O)N1CCC[C@@H]1c1ncc(-c2ccc(Cl)cc2)[nH]1. The lowest BCUT2D eigenvalue weighted by Crippen LogP contribution is -2.36. The molecule has 23 heavy (non-hydrogen) atoms. The van der Waals surface area contributed by atoms with E-state index in [9.17, 15) is 4.79 Å². The Balaban J connectivity index is 1.81. The number of thioether (sulfide) groups is 1. The van der Waals surface area contributed by atoms with Crippen LogP contribution in [0.1, 0.15) is 31.6 Å². The smallest absolute Gasteiger partial charge is 0.236 e. The Labute approximate surface area is 145 Å². The number of aromatic amines is 1. The summed E-state index contributed by atoms with van der Waals surface area (Å²) in [5, 5.41) is 0.702. The van der Waals surface area contributed by atoms with Crippen molar-refractivity contribution in [3.05, 3.63) is 41.3 Å². The molecule has 2 heterocycles. The summed E-state index contributed by atoms with van der Waals surface area (Å²) in [6.07, 6.45) is 5.78. The summed E-state index contributed by atoms with van der Waals surface area (Å²) >= 11 is 7.52. The lowest BCUT2D eigenvalue weighted by Gasteiger charge is -2.25.